The van der Waals surface area contributed by atoms with Gasteiger partial charge in [-0.25, -0.2) is 0 Å². The Kier molecular flexibility index (Phi) is 5.24. The fourth-order valence-electron chi connectivity index (χ4n) is 1.51. The lowest BCUT2D eigenvalue weighted by Gasteiger charge is -2.05. The summed E-state index contributed by atoms with van der Waals surface area (Å²) in [6.07, 6.45) is 0.767. The summed E-state index contributed by atoms with van der Waals surface area (Å²) < 4.78 is 5.20. The summed E-state index contributed by atoms with van der Waals surface area (Å²) in [7, 11) is 0. The van der Waals surface area contributed by atoms with Gasteiger partial charge in [0.2, 0.25) is 11.7 Å². The van der Waals surface area contributed by atoms with E-state index in [0.29, 0.717) is 27.7 Å². The molecule has 19 heavy (non-hydrogen) atoms. The van der Waals surface area contributed by atoms with E-state index < -0.39 is 0 Å². The summed E-state index contributed by atoms with van der Waals surface area (Å²) in [5.74, 6) is 1.82. The predicted molar refractivity (Wildman–Crippen MR) is 77.2 cm³/mol. The van der Waals surface area contributed by atoms with Crippen LogP contribution in [0.5, 0.6) is 0 Å². The van der Waals surface area contributed by atoms with E-state index in [1.165, 1.54) is 0 Å². The van der Waals surface area contributed by atoms with Crippen molar-refractivity contribution in [2.45, 2.75) is 24.3 Å². The molecule has 4 nitrogen and oxygen atoms in total. The van der Waals surface area contributed by atoms with E-state index in [9.17, 15) is 0 Å². The van der Waals surface area contributed by atoms with Crippen molar-refractivity contribution in [1.29, 1.82) is 0 Å². The Morgan fingerprint density at radius 3 is 2.79 bits per heavy atom. The average Bonchev–Trinajstić information content (AvgIpc) is 2.86. The Bertz CT molecular complexity index is 516. The number of halogens is 1. The number of aliphatic hydroxyl groups is 1. The Hall–Kier alpha value is -1.04. The minimum atomic E-state index is 0.202. The third-order valence-corrected chi connectivity index (χ3v) is 4.07. The molecular weight excluding hydrogens is 284 g/mol. The molecule has 0 fully saturated rings. The van der Waals surface area contributed by atoms with Crippen molar-refractivity contribution in [2.24, 2.45) is 0 Å². The maximum atomic E-state index is 8.83. The third kappa shape index (κ3) is 4.23. The highest BCUT2D eigenvalue weighted by atomic mass is 35.5. The summed E-state index contributed by atoms with van der Waals surface area (Å²) >= 11 is 7.52. The molecule has 0 aliphatic carbocycles. The summed E-state index contributed by atoms with van der Waals surface area (Å²) in [4.78, 5) is 4.34. The maximum Gasteiger partial charge on any atom is 0.236 e. The number of rotatable bonds is 6. The first-order chi connectivity index (χ1) is 9.19. The van der Waals surface area contributed by atoms with Crippen LogP contribution in [0.15, 0.2) is 28.8 Å². The van der Waals surface area contributed by atoms with Crippen LogP contribution in [0.1, 0.15) is 19.2 Å². The van der Waals surface area contributed by atoms with E-state index in [1.807, 2.05) is 12.1 Å². The number of aromatic nitrogens is 2. The SMILES string of the molecule is CC(CCO)SCc1nc(-c2ccc(Cl)cc2)no1. The molecule has 0 spiro atoms. The van der Waals surface area contributed by atoms with Gasteiger partial charge in [0, 0.05) is 22.4 Å². The van der Waals surface area contributed by atoms with Crippen LogP contribution in [0.2, 0.25) is 5.02 Å². The molecule has 0 saturated carbocycles. The van der Waals surface area contributed by atoms with Gasteiger partial charge in [-0.15, -0.1) is 11.8 Å². The van der Waals surface area contributed by atoms with Crippen LogP contribution in [0.25, 0.3) is 11.4 Å². The van der Waals surface area contributed by atoms with Gasteiger partial charge in [-0.3, -0.25) is 0 Å². The molecule has 102 valence electrons. The van der Waals surface area contributed by atoms with Gasteiger partial charge in [-0.05, 0) is 30.7 Å². The second kappa shape index (κ2) is 6.93. The fraction of sp³-hybridized carbons (Fsp3) is 0.385. The number of hydrogen-bond acceptors (Lipinski definition) is 5. The lowest BCUT2D eigenvalue weighted by Crippen LogP contribution is -1.99. The largest absolute Gasteiger partial charge is 0.396 e. The van der Waals surface area contributed by atoms with Crippen LogP contribution in [-0.4, -0.2) is 27.1 Å². The monoisotopic (exact) mass is 298 g/mol. The van der Waals surface area contributed by atoms with Crippen LogP contribution in [0, 0.1) is 0 Å². The highest BCUT2D eigenvalue weighted by Gasteiger charge is 2.10. The van der Waals surface area contributed by atoms with Crippen molar-refractivity contribution in [2.75, 3.05) is 6.61 Å². The van der Waals surface area contributed by atoms with Gasteiger partial charge in [0.15, 0.2) is 0 Å². The van der Waals surface area contributed by atoms with Gasteiger partial charge in [-0.1, -0.05) is 23.7 Å². The maximum absolute atomic E-state index is 8.83. The molecule has 0 aliphatic heterocycles. The van der Waals surface area contributed by atoms with E-state index in [2.05, 4.69) is 17.1 Å². The zero-order valence-corrected chi connectivity index (χ0v) is 12.1. The van der Waals surface area contributed by atoms with Gasteiger partial charge in [0.25, 0.3) is 0 Å². The van der Waals surface area contributed by atoms with Crippen molar-refractivity contribution < 1.29 is 9.63 Å². The second-order valence-corrected chi connectivity index (χ2v) is 6.02. The molecule has 2 aromatic rings. The molecule has 1 aromatic carbocycles. The minimum absolute atomic E-state index is 0.202. The first-order valence-electron chi connectivity index (χ1n) is 6.00. The lowest BCUT2D eigenvalue weighted by atomic mass is 10.2. The lowest BCUT2D eigenvalue weighted by molar-refractivity contribution is 0.289. The van der Waals surface area contributed by atoms with E-state index in [1.54, 1.807) is 23.9 Å². The Morgan fingerprint density at radius 2 is 2.11 bits per heavy atom. The van der Waals surface area contributed by atoms with Crippen molar-refractivity contribution in [1.82, 2.24) is 10.1 Å². The number of benzene rings is 1. The third-order valence-electron chi connectivity index (χ3n) is 2.60. The van der Waals surface area contributed by atoms with Crippen molar-refractivity contribution >= 4 is 23.4 Å². The van der Waals surface area contributed by atoms with Crippen molar-refractivity contribution in [3.05, 3.63) is 35.2 Å². The molecule has 2 rings (SSSR count). The molecule has 0 bridgehead atoms. The van der Waals surface area contributed by atoms with Gasteiger partial charge in [0.05, 0.1) is 5.75 Å². The smallest absolute Gasteiger partial charge is 0.236 e. The zero-order valence-electron chi connectivity index (χ0n) is 10.5. The minimum Gasteiger partial charge on any atom is -0.396 e. The quantitative estimate of drug-likeness (QED) is 0.886. The van der Waals surface area contributed by atoms with Crippen LogP contribution in [0.3, 0.4) is 0 Å². The van der Waals surface area contributed by atoms with Gasteiger partial charge in [0.1, 0.15) is 0 Å². The molecule has 1 heterocycles. The van der Waals surface area contributed by atoms with E-state index in [-0.39, 0.29) is 6.61 Å². The zero-order chi connectivity index (χ0) is 13.7. The molecular formula is C13H15ClN2O2S. The normalized spacial score (nSPS) is 12.6. The number of aliphatic hydroxyl groups excluding tert-OH is 1. The van der Waals surface area contributed by atoms with E-state index in [4.69, 9.17) is 21.2 Å². The molecule has 0 radical (unpaired) electrons. The molecule has 1 N–H and O–H groups in total. The number of thioether (sulfide) groups is 1. The van der Waals surface area contributed by atoms with Gasteiger partial charge in [-0.2, -0.15) is 4.98 Å². The predicted octanol–water partition coefficient (Wildman–Crippen LogP) is 3.39. The second-order valence-electron chi connectivity index (χ2n) is 4.15. The molecule has 0 saturated heterocycles. The first-order valence-corrected chi connectivity index (χ1v) is 7.42. The highest BCUT2D eigenvalue weighted by molar-refractivity contribution is 7.99. The van der Waals surface area contributed by atoms with E-state index >= 15 is 0 Å². The van der Waals surface area contributed by atoms with Crippen molar-refractivity contribution in [3.8, 4) is 11.4 Å². The molecule has 0 amide bonds. The standard InChI is InChI=1S/C13H15ClN2O2S/c1-9(6-7-17)19-8-12-15-13(16-18-12)10-2-4-11(14)5-3-10/h2-5,9,17H,6-8H2,1H3. The first kappa shape index (κ1) is 14.4. The topological polar surface area (TPSA) is 59.2 Å². The van der Waals surface area contributed by atoms with Crippen LogP contribution < -0.4 is 0 Å². The Morgan fingerprint density at radius 1 is 1.37 bits per heavy atom. The Balaban J connectivity index is 1.97. The molecule has 6 heteroatoms. The number of hydrogen-bond donors (Lipinski definition) is 1. The summed E-state index contributed by atoms with van der Waals surface area (Å²) in [6.45, 7) is 2.27. The highest BCUT2D eigenvalue weighted by Crippen LogP contribution is 2.22. The average molecular weight is 299 g/mol. The Labute approximate surface area is 121 Å². The molecule has 1 unspecified atom stereocenters. The van der Waals surface area contributed by atoms with Crippen molar-refractivity contribution in [3.63, 3.8) is 0 Å². The number of nitrogens with zero attached hydrogens (tertiary/aromatic N) is 2. The van der Waals surface area contributed by atoms with Crippen LogP contribution in [-0.2, 0) is 5.75 Å². The van der Waals surface area contributed by atoms with Crippen LogP contribution >= 0.6 is 23.4 Å². The molecule has 0 aliphatic rings. The van der Waals surface area contributed by atoms with Crippen LogP contribution in [0.4, 0.5) is 0 Å². The molecule has 1 atom stereocenters. The molecule has 1 aromatic heterocycles. The van der Waals surface area contributed by atoms with E-state index in [0.717, 1.165) is 12.0 Å². The summed E-state index contributed by atoms with van der Waals surface area (Å²) in [5.41, 5.74) is 0.882. The summed E-state index contributed by atoms with van der Waals surface area (Å²) in [6, 6.07) is 7.31. The van der Waals surface area contributed by atoms with Gasteiger partial charge >= 0.3 is 0 Å². The fourth-order valence-corrected chi connectivity index (χ4v) is 2.45. The summed E-state index contributed by atoms with van der Waals surface area (Å²) in [5, 5.41) is 13.8. The van der Waals surface area contributed by atoms with Gasteiger partial charge < -0.3 is 9.63 Å².